The molecule has 1 aromatic heterocycles. The number of H-pyrrole nitrogens is 2. The van der Waals surface area contributed by atoms with Crippen LogP contribution in [-0.4, -0.2) is 9.97 Å². The molecule has 1 heterocycles. The third-order valence-electron chi connectivity index (χ3n) is 1.83. The van der Waals surface area contributed by atoms with E-state index in [1.807, 2.05) is 6.92 Å². The minimum atomic E-state index is -0.460. The molecule has 1 aromatic rings. The Labute approximate surface area is 75.3 Å². The first-order chi connectivity index (χ1) is 6.13. The number of aromatic amines is 2. The van der Waals surface area contributed by atoms with Crippen molar-refractivity contribution in [2.75, 3.05) is 0 Å². The highest BCUT2D eigenvalue weighted by molar-refractivity contribution is 5.05. The molecular weight excluding hydrogens is 168 g/mol. The molecule has 0 spiro atoms. The highest BCUT2D eigenvalue weighted by atomic mass is 16.2. The Morgan fingerprint density at radius 3 is 2.77 bits per heavy atom. The molecular formula is C9H12N2O2. The minimum Gasteiger partial charge on any atom is -0.311 e. The van der Waals surface area contributed by atoms with E-state index in [1.165, 1.54) is 6.07 Å². The van der Waals surface area contributed by atoms with Crippen LogP contribution in [0.25, 0.3) is 0 Å². The van der Waals surface area contributed by atoms with Gasteiger partial charge in [0.2, 0.25) is 0 Å². The third-order valence-corrected chi connectivity index (χ3v) is 1.83. The van der Waals surface area contributed by atoms with Crippen LogP contribution in [-0.2, 0) is 0 Å². The molecule has 0 bridgehead atoms. The molecule has 0 radical (unpaired) electrons. The van der Waals surface area contributed by atoms with Gasteiger partial charge < -0.3 is 4.98 Å². The van der Waals surface area contributed by atoms with Crippen LogP contribution in [0, 0.1) is 0 Å². The molecule has 2 N–H and O–H groups in total. The molecule has 0 fully saturated rings. The first kappa shape index (κ1) is 9.51. The summed E-state index contributed by atoms with van der Waals surface area (Å²) < 4.78 is 0. The van der Waals surface area contributed by atoms with Gasteiger partial charge in [0.1, 0.15) is 0 Å². The van der Waals surface area contributed by atoms with Gasteiger partial charge in [-0.3, -0.25) is 9.78 Å². The summed E-state index contributed by atoms with van der Waals surface area (Å²) in [5, 5.41) is 0. The molecule has 0 aliphatic heterocycles. The minimum absolute atomic E-state index is 0.118. The van der Waals surface area contributed by atoms with Crippen LogP contribution in [0.5, 0.6) is 0 Å². The lowest BCUT2D eigenvalue weighted by atomic mass is 10.0. The van der Waals surface area contributed by atoms with Gasteiger partial charge >= 0.3 is 5.69 Å². The average Bonchev–Trinajstić information content (AvgIpc) is 2.03. The van der Waals surface area contributed by atoms with Crippen molar-refractivity contribution in [2.45, 2.75) is 19.3 Å². The van der Waals surface area contributed by atoms with Crippen molar-refractivity contribution in [1.82, 2.24) is 9.97 Å². The maximum atomic E-state index is 10.9. The maximum absolute atomic E-state index is 10.9. The van der Waals surface area contributed by atoms with Crippen LogP contribution < -0.4 is 11.2 Å². The molecule has 13 heavy (non-hydrogen) atoms. The Kier molecular flexibility index (Phi) is 2.84. The predicted molar refractivity (Wildman–Crippen MR) is 50.9 cm³/mol. The lowest BCUT2D eigenvalue weighted by molar-refractivity contribution is 0.734. The van der Waals surface area contributed by atoms with Crippen molar-refractivity contribution in [3.63, 3.8) is 0 Å². The zero-order valence-electron chi connectivity index (χ0n) is 7.46. The summed E-state index contributed by atoms with van der Waals surface area (Å²) >= 11 is 0. The number of aromatic nitrogens is 2. The fourth-order valence-electron chi connectivity index (χ4n) is 1.13. The van der Waals surface area contributed by atoms with E-state index >= 15 is 0 Å². The Hall–Kier alpha value is -1.58. The molecule has 1 unspecified atom stereocenters. The number of nitrogens with one attached hydrogen (secondary N) is 2. The van der Waals surface area contributed by atoms with Crippen LogP contribution in [0.1, 0.15) is 25.0 Å². The van der Waals surface area contributed by atoms with Crippen molar-refractivity contribution in [3.05, 3.63) is 45.3 Å². The monoisotopic (exact) mass is 180 g/mol. The fourth-order valence-corrected chi connectivity index (χ4v) is 1.13. The lowest BCUT2D eigenvalue weighted by Gasteiger charge is -2.06. The normalized spacial score (nSPS) is 12.4. The summed E-state index contributed by atoms with van der Waals surface area (Å²) in [4.78, 5) is 26.5. The topological polar surface area (TPSA) is 65.7 Å². The van der Waals surface area contributed by atoms with Crippen molar-refractivity contribution in [1.29, 1.82) is 0 Å². The van der Waals surface area contributed by atoms with Gasteiger partial charge in [-0.15, -0.1) is 6.58 Å². The molecule has 70 valence electrons. The highest BCUT2D eigenvalue weighted by Gasteiger charge is 2.04. The van der Waals surface area contributed by atoms with Gasteiger partial charge in [-0.1, -0.05) is 13.0 Å². The summed E-state index contributed by atoms with van der Waals surface area (Å²) in [7, 11) is 0. The largest absolute Gasteiger partial charge is 0.325 e. The smallest absolute Gasteiger partial charge is 0.311 e. The highest BCUT2D eigenvalue weighted by Crippen LogP contribution is 2.13. The van der Waals surface area contributed by atoms with Crippen LogP contribution in [0.15, 0.2) is 28.3 Å². The molecule has 0 aromatic carbocycles. The molecule has 0 aliphatic carbocycles. The van der Waals surface area contributed by atoms with E-state index in [4.69, 9.17) is 0 Å². The van der Waals surface area contributed by atoms with Gasteiger partial charge in [-0.2, -0.15) is 0 Å². The van der Waals surface area contributed by atoms with E-state index in [0.29, 0.717) is 5.69 Å². The van der Waals surface area contributed by atoms with E-state index < -0.39 is 5.69 Å². The van der Waals surface area contributed by atoms with Crippen molar-refractivity contribution < 1.29 is 0 Å². The Morgan fingerprint density at radius 1 is 1.54 bits per heavy atom. The number of hydrogen-bond donors (Lipinski definition) is 2. The molecule has 0 amide bonds. The van der Waals surface area contributed by atoms with Crippen LogP contribution in [0.4, 0.5) is 0 Å². The maximum Gasteiger partial charge on any atom is 0.325 e. The summed E-state index contributed by atoms with van der Waals surface area (Å²) in [5.74, 6) is 0.118. The predicted octanol–water partition coefficient (Wildman–Crippen LogP) is 0.743. The standard InChI is InChI=1S/C9H12N2O2/c1-3-4-6(2)7-5-8(12)11-9(13)10-7/h3,5-6H,1,4H2,2H3,(H2,10,11,12,13). The van der Waals surface area contributed by atoms with Crippen LogP contribution in [0.3, 0.4) is 0 Å². The van der Waals surface area contributed by atoms with E-state index in [0.717, 1.165) is 6.42 Å². The Bertz CT molecular complexity index is 374. The van der Waals surface area contributed by atoms with Gasteiger partial charge in [0, 0.05) is 11.8 Å². The average molecular weight is 180 g/mol. The van der Waals surface area contributed by atoms with Crippen LogP contribution >= 0.6 is 0 Å². The van der Waals surface area contributed by atoms with Crippen molar-refractivity contribution in [3.8, 4) is 0 Å². The van der Waals surface area contributed by atoms with Crippen molar-refractivity contribution in [2.24, 2.45) is 0 Å². The zero-order chi connectivity index (χ0) is 9.84. The zero-order valence-corrected chi connectivity index (χ0v) is 7.46. The fraction of sp³-hybridized carbons (Fsp3) is 0.333. The molecule has 0 aliphatic rings. The van der Waals surface area contributed by atoms with E-state index in [1.54, 1.807) is 6.08 Å². The van der Waals surface area contributed by atoms with E-state index in [9.17, 15) is 9.59 Å². The van der Waals surface area contributed by atoms with Gasteiger partial charge in [-0.25, -0.2) is 4.79 Å². The molecule has 1 atom stereocenters. The quantitative estimate of drug-likeness (QED) is 0.674. The SMILES string of the molecule is C=CCC(C)c1cc(=O)[nH]c(=O)[nH]1. The third kappa shape index (κ3) is 2.43. The lowest BCUT2D eigenvalue weighted by Crippen LogP contribution is -2.23. The first-order valence-electron chi connectivity index (χ1n) is 4.08. The number of rotatable bonds is 3. The van der Waals surface area contributed by atoms with Crippen molar-refractivity contribution >= 4 is 0 Å². The summed E-state index contributed by atoms with van der Waals surface area (Å²) in [6.07, 6.45) is 2.49. The number of allylic oxidation sites excluding steroid dienone is 1. The van der Waals surface area contributed by atoms with Gasteiger partial charge in [0.05, 0.1) is 0 Å². The molecule has 4 heteroatoms. The molecule has 0 saturated heterocycles. The molecule has 4 nitrogen and oxygen atoms in total. The summed E-state index contributed by atoms with van der Waals surface area (Å²) in [6.45, 7) is 5.52. The molecule has 1 rings (SSSR count). The van der Waals surface area contributed by atoms with Crippen LogP contribution in [0.2, 0.25) is 0 Å². The second-order valence-corrected chi connectivity index (χ2v) is 2.97. The number of hydrogen-bond acceptors (Lipinski definition) is 2. The second kappa shape index (κ2) is 3.89. The van der Waals surface area contributed by atoms with Gasteiger partial charge in [0.15, 0.2) is 0 Å². The molecule has 0 saturated carbocycles. The summed E-state index contributed by atoms with van der Waals surface area (Å²) in [5.41, 5.74) is -0.179. The Balaban J connectivity index is 3.07. The van der Waals surface area contributed by atoms with E-state index in [2.05, 4.69) is 16.5 Å². The van der Waals surface area contributed by atoms with E-state index in [-0.39, 0.29) is 11.5 Å². The first-order valence-corrected chi connectivity index (χ1v) is 4.08. The second-order valence-electron chi connectivity index (χ2n) is 2.97. The van der Waals surface area contributed by atoms with Gasteiger partial charge in [0.25, 0.3) is 5.56 Å². The Morgan fingerprint density at radius 2 is 2.23 bits per heavy atom. The summed E-state index contributed by atoms with van der Waals surface area (Å²) in [6, 6.07) is 1.40. The van der Waals surface area contributed by atoms with Gasteiger partial charge in [-0.05, 0) is 12.3 Å².